The fourth-order valence-corrected chi connectivity index (χ4v) is 6.34. The Hall–Kier alpha value is -3.98. The number of alkyl halides is 3. The standard InChI is InChI=1S/C31H36F5N5O4S/c1-3-4-10-46(44,45)19-23(17-38-29(42)28-11-20(2)39-40-28)30(43)41(18-21-6-5-7-24(12-21)31(34,35)36)9-8-27(37)15-22-13-25(32)16-26(33)14-22/h5-7,11-14,16-17,23,27H,3-4,8-10,15,18-19,37H2,1-2H3,(H,39,40)/t23?,27-/m1/s1. The zero-order chi connectivity index (χ0) is 34.1. The monoisotopic (exact) mass is 669 g/mol. The molecule has 0 spiro atoms. The normalized spacial score (nSPS) is 13.6. The lowest BCUT2D eigenvalue weighted by Crippen LogP contribution is -2.42. The second-order valence-corrected chi connectivity index (χ2v) is 13.3. The Bertz CT molecular complexity index is 1620. The van der Waals surface area contributed by atoms with E-state index in [1.807, 2.05) is 0 Å². The summed E-state index contributed by atoms with van der Waals surface area (Å²) in [5.74, 6) is -5.63. The summed E-state index contributed by atoms with van der Waals surface area (Å²) in [5.41, 5.74) is 6.15. The lowest BCUT2D eigenvalue weighted by Gasteiger charge is -2.27. The first-order chi connectivity index (χ1) is 21.6. The topological polar surface area (TPSA) is 139 Å². The molecule has 1 aromatic heterocycles. The Morgan fingerprint density at radius 2 is 1.78 bits per heavy atom. The smallest absolute Gasteiger partial charge is 0.338 e. The summed E-state index contributed by atoms with van der Waals surface area (Å²) < 4.78 is 93.6. The molecule has 3 aromatic rings. The maximum Gasteiger partial charge on any atom is 0.416 e. The number of sulfone groups is 1. The lowest BCUT2D eigenvalue weighted by molar-refractivity contribution is -0.137. The summed E-state index contributed by atoms with van der Waals surface area (Å²) in [5, 5.41) is 6.40. The highest BCUT2D eigenvalue weighted by Crippen LogP contribution is 2.30. The number of hydrogen-bond acceptors (Lipinski definition) is 6. The summed E-state index contributed by atoms with van der Waals surface area (Å²) in [7, 11) is -3.83. The van der Waals surface area contributed by atoms with Gasteiger partial charge in [0, 0.05) is 37.1 Å². The maximum absolute atomic E-state index is 14.0. The SMILES string of the molecule is CCCCS(=O)(=O)CC(C=NC(=O)c1cc(C)[nH]n1)C(=O)N(CC[C@@H](N)Cc1cc(F)cc(F)c1)Cc1cccc(C(F)(F)F)c1. The fraction of sp³-hybridized carbons (Fsp3) is 0.419. The summed E-state index contributed by atoms with van der Waals surface area (Å²) in [6.45, 7) is 2.94. The molecule has 1 unspecified atom stereocenters. The van der Waals surface area contributed by atoms with Gasteiger partial charge in [-0.1, -0.05) is 25.5 Å². The molecule has 2 aromatic carbocycles. The molecule has 1 heterocycles. The highest BCUT2D eigenvalue weighted by molar-refractivity contribution is 7.91. The van der Waals surface area contributed by atoms with E-state index in [4.69, 9.17) is 5.73 Å². The third-order valence-corrected chi connectivity index (χ3v) is 8.76. The number of carbonyl (C=O) groups excluding carboxylic acids is 2. The van der Waals surface area contributed by atoms with Gasteiger partial charge in [0.15, 0.2) is 15.5 Å². The van der Waals surface area contributed by atoms with Crippen LogP contribution in [0.25, 0.3) is 0 Å². The molecule has 3 N–H and O–H groups in total. The number of aromatic nitrogens is 2. The summed E-state index contributed by atoms with van der Waals surface area (Å²) >= 11 is 0. The van der Waals surface area contributed by atoms with Gasteiger partial charge in [-0.25, -0.2) is 22.2 Å². The minimum absolute atomic E-state index is 0.0220. The molecule has 0 bridgehead atoms. The van der Waals surface area contributed by atoms with Gasteiger partial charge in [-0.15, -0.1) is 0 Å². The van der Waals surface area contributed by atoms with Gasteiger partial charge in [0.05, 0.1) is 23.0 Å². The van der Waals surface area contributed by atoms with Crippen LogP contribution in [0.5, 0.6) is 0 Å². The van der Waals surface area contributed by atoms with Crippen LogP contribution in [0.1, 0.15) is 59.1 Å². The number of nitrogens with one attached hydrogen (secondary N) is 1. The van der Waals surface area contributed by atoms with Crippen molar-refractivity contribution in [1.82, 2.24) is 15.1 Å². The molecule has 0 aliphatic carbocycles. The Labute approximate surface area is 264 Å². The number of amides is 2. The average Bonchev–Trinajstić information content (AvgIpc) is 3.41. The number of aliphatic imine (C=N–C) groups is 1. The highest BCUT2D eigenvalue weighted by atomic mass is 32.2. The zero-order valence-electron chi connectivity index (χ0n) is 25.4. The minimum atomic E-state index is -4.65. The number of halogens is 5. The number of carbonyl (C=O) groups is 2. The van der Waals surface area contributed by atoms with Crippen molar-refractivity contribution in [3.63, 3.8) is 0 Å². The Morgan fingerprint density at radius 1 is 1.09 bits per heavy atom. The molecule has 9 nitrogen and oxygen atoms in total. The number of rotatable bonds is 15. The molecule has 2 amide bonds. The largest absolute Gasteiger partial charge is 0.416 e. The van der Waals surface area contributed by atoms with E-state index in [0.29, 0.717) is 24.6 Å². The molecule has 0 saturated carbocycles. The number of nitrogens with two attached hydrogens (primary N) is 1. The van der Waals surface area contributed by atoms with Crippen molar-refractivity contribution < 1.29 is 40.0 Å². The third kappa shape index (κ3) is 11.4. The first-order valence-electron chi connectivity index (χ1n) is 14.5. The van der Waals surface area contributed by atoms with Crippen LogP contribution in [0, 0.1) is 24.5 Å². The zero-order valence-corrected chi connectivity index (χ0v) is 26.2. The van der Waals surface area contributed by atoms with Gasteiger partial charge in [0.25, 0.3) is 5.91 Å². The summed E-state index contributed by atoms with van der Waals surface area (Å²) in [6, 6.07) is 7.93. The van der Waals surface area contributed by atoms with Crippen LogP contribution >= 0.6 is 0 Å². The van der Waals surface area contributed by atoms with Crippen molar-refractivity contribution in [2.45, 2.75) is 58.3 Å². The predicted molar refractivity (Wildman–Crippen MR) is 163 cm³/mol. The van der Waals surface area contributed by atoms with Crippen LogP contribution in [0.4, 0.5) is 22.0 Å². The van der Waals surface area contributed by atoms with Crippen molar-refractivity contribution in [2.75, 3.05) is 18.1 Å². The van der Waals surface area contributed by atoms with Crippen LogP contribution in [0.2, 0.25) is 0 Å². The summed E-state index contributed by atoms with van der Waals surface area (Å²) in [6.07, 6.45) is -2.77. The molecule has 2 atom stereocenters. The van der Waals surface area contributed by atoms with E-state index in [-0.39, 0.29) is 48.5 Å². The third-order valence-electron chi connectivity index (χ3n) is 6.99. The number of aromatic amines is 1. The number of nitrogens with zero attached hydrogens (tertiary/aromatic N) is 3. The summed E-state index contributed by atoms with van der Waals surface area (Å²) in [4.78, 5) is 31.5. The molecule has 15 heteroatoms. The Balaban J connectivity index is 1.93. The van der Waals surface area contributed by atoms with Gasteiger partial charge >= 0.3 is 6.18 Å². The van der Waals surface area contributed by atoms with E-state index in [1.54, 1.807) is 13.8 Å². The molecule has 0 saturated heterocycles. The van der Waals surface area contributed by atoms with Gasteiger partial charge < -0.3 is 10.6 Å². The molecule has 0 fully saturated rings. The molecule has 0 aliphatic heterocycles. The number of benzene rings is 2. The maximum atomic E-state index is 14.0. The predicted octanol–water partition coefficient (Wildman–Crippen LogP) is 5.05. The van der Waals surface area contributed by atoms with Crippen LogP contribution < -0.4 is 5.73 Å². The van der Waals surface area contributed by atoms with E-state index in [9.17, 15) is 40.0 Å². The van der Waals surface area contributed by atoms with E-state index >= 15 is 0 Å². The molecule has 250 valence electrons. The van der Waals surface area contributed by atoms with Gasteiger partial charge in [-0.05, 0) is 67.6 Å². The highest BCUT2D eigenvalue weighted by Gasteiger charge is 2.32. The van der Waals surface area contributed by atoms with Crippen LogP contribution in [0.3, 0.4) is 0 Å². The van der Waals surface area contributed by atoms with Crippen molar-refractivity contribution in [1.29, 1.82) is 0 Å². The number of H-pyrrole nitrogens is 1. The first kappa shape index (κ1) is 36.5. The van der Waals surface area contributed by atoms with Gasteiger partial charge in [-0.2, -0.15) is 18.3 Å². The second-order valence-electron chi connectivity index (χ2n) is 11.1. The van der Waals surface area contributed by atoms with Gasteiger partial charge in [0.1, 0.15) is 11.6 Å². The van der Waals surface area contributed by atoms with Crippen molar-refractivity contribution in [2.24, 2.45) is 16.6 Å². The van der Waals surface area contributed by atoms with Gasteiger partial charge in [-0.3, -0.25) is 14.7 Å². The Kier molecular flexibility index (Phi) is 12.7. The van der Waals surface area contributed by atoms with Crippen molar-refractivity contribution in [3.8, 4) is 0 Å². The molecule has 0 radical (unpaired) electrons. The van der Waals surface area contributed by atoms with E-state index in [2.05, 4.69) is 15.2 Å². The Morgan fingerprint density at radius 3 is 2.39 bits per heavy atom. The van der Waals surface area contributed by atoms with Crippen LogP contribution in [-0.2, 0) is 33.8 Å². The lowest BCUT2D eigenvalue weighted by atomic mass is 10.0. The number of hydrogen-bond donors (Lipinski definition) is 2. The number of aryl methyl sites for hydroxylation is 1. The number of unbranched alkanes of at least 4 members (excludes halogenated alkanes) is 1. The quantitative estimate of drug-likeness (QED) is 0.172. The minimum Gasteiger partial charge on any atom is -0.338 e. The van der Waals surface area contributed by atoms with Crippen LogP contribution in [0.15, 0.2) is 53.5 Å². The molecular weight excluding hydrogens is 633 g/mol. The van der Waals surface area contributed by atoms with Gasteiger partial charge in [0.2, 0.25) is 5.91 Å². The average molecular weight is 670 g/mol. The molecule has 46 heavy (non-hydrogen) atoms. The van der Waals surface area contributed by atoms with Crippen molar-refractivity contribution >= 4 is 27.9 Å². The van der Waals surface area contributed by atoms with Crippen molar-refractivity contribution in [3.05, 3.63) is 88.2 Å². The molecular formula is C31H36F5N5O4S. The molecule has 3 rings (SSSR count). The van der Waals surface area contributed by atoms with E-state index < -0.39 is 62.7 Å². The van der Waals surface area contributed by atoms with Crippen LogP contribution in [-0.4, -0.2) is 65.6 Å². The molecule has 0 aliphatic rings. The fourth-order valence-electron chi connectivity index (χ4n) is 4.67. The van der Waals surface area contributed by atoms with E-state index in [1.165, 1.54) is 18.2 Å². The first-order valence-corrected chi connectivity index (χ1v) is 16.3. The second kappa shape index (κ2) is 16.0. The van der Waals surface area contributed by atoms with E-state index in [0.717, 1.165) is 35.4 Å².